The SMILES string of the molecule is CCOc1ccccc1OCCN1C[C@H]2C[C@@H](NC(C)=O)[C@H](O)C[C@H]2C1. The first kappa shape index (κ1) is 19.0. The summed E-state index contributed by atoms with van der Waals surface area (Å²) in [6.45, 7) is 7.56. The van der Waals surface area contributed by atoms with Gasteiger partial charge in [-0.2, -0.15) is 0 Å². The van der Waals surface area contributed by atoms with Gasteiger partial charge in [0, 0.05) is 26.6 Å². The number of nitrogens with one attached hydrogen (secondary N) is 1. The van der Waals surface area contributed by atoms with Gasteiger partial charge in [0.05, 0.1) is 18.8 Å². The molecule has 2 fully saturated rings. The number of aliphatic hydroxyl groups excluding tert-OH is 1. The average Bonchev–Trinajstić information content (AvgIpc) is 2.98. The molecular weight excluding hydrogens is 332 g/mol. The second kappa shape index (κ2) is 8.73. The molecule has 1 saturated heterocycles. The molecule has 1 aromatic rings. The third-order valence-corrected chi connectivity index (χ3v) is 5.42. The van der Waals surface area contributed by atoms with E-state index in [1.165, 1.54) is 6.92 Å². The van der Waals surface area contributed by atoms with E-state index in [4.69, 9.17) is 9.47 Å². The van der Waals surface area contributed by atoms with Crippen molar-refractivity contribution in [3.63, 3.8) is 0 Å². The molecule has 0 unspecified atom stereocenters. The van der Waals surface area contributed by atoms with Crippen LogP contribution in [0, 0.1) is 11.8 Å². The fourth-order valence-corrected chi connectivity index (χ4v) is 4.26. The first-order valence-electron chi connectivity index (χ1n) is 9.59. The van der Waals surface area contributed by atoms with Gasteiger partial charge in [-0.25, -0.2) is 0 Å². The zero-order valence-electron chi connectivity index (χ0n) is 15.7. The minimum Gasteiger partial charge on any atom is -0.490 e. The smallest absolute Gasteiger partial charge is 0.217 e. The van der Waals surface area contributed by atoms with Crippen LogP contribution >= 0.6 is 0 Å². The zero-order valence-corrected chi connectivity index (χ0v) is 15.7. The Morgan fingerprint density at radius 1 is 1.19 bits per heavy atom. The molecule has 1 aromatic carbocycles. The number of nitrogens with zero attached hydrogens (tertiary/aromatic N) is 1. The second-order valence-electron chi connectivity index (χ2n) is 7.35. The number of carbonyl (C=O) groups is 1. The Labute approximate surface area is 155 Å². The average molecular weight is 362 g/mol. The summed E-state index contributed by atoms with van der Waals surface area (Å²) in [4.78, 5) is 13.7. The van der Waals surface area contributed by atoms with Crippen molar-refractivity contribution in [2.24, 2.45) is 11.8 Å². The number of aliphatic hydroxyl groups is 1. The van der Waals surface area contributed by atoms with Crippen LogP contribution in [-0.2, 0) is 4.79 Å². The monoisotopic (exact) mass is 362 g/mol. The third kappa shape index (κ3) is 4.68. The highest BCUT2D eigenvalue weighted by atomic mass is 16.5. The molecule has 1 heterocycles. The van der Waals surface area contributed by atoms with E-state index in [0.29, 0.717) is 25.0 Å². The highest BCUT2D eigenvalue weighted by molar-refractivity contribution is 5.73. The number of ether oxygens (including phenoxy) is 2. The number of hydrogen-bond donors (Lipinski definition) is 2. The van der Waals surface area contributed by atoms with Crippen LogP contribution < -0.4 is 14.8 Å². The van der Waals surface area contributed by atoms with E-state index in [1.54, 1.807) is 0 Å². The number of fused-ring (bicyclic) bond motifs is 1. The summed E-state index contributed by atoms with van der Waals surface area (Å²) in [6.07, 6.45) is 1.19. The van der Waals surface area contributed by atoms with Gasteiger partial charge in [0.2, 0.25) is 5.91 Å². The number of carbonyl (C=O) groups excluding carboxylic acids is 1. The van der Waals surface area contributed by atoms with E-state index in [-0.39, 0.29) is 11.9 Å². The molecule has 144 valence electrons. The van der Waals surface area contributed by atoms with Gasteiger partial charge in [0.25, 0.3) is 0 Å². The maximum absolute atomic E-state index is 11.3. The fraction of sp³-hybridized carbons (Fsp3) is 0.650. The summed E-state index contributed by atoms with van der Waals surface area (Å²) < 4.78 is 11.5. The van der Waals surface area contributed by atoms with E-state index in [1.807, 2.05) is 31.2 Å². The minimum absolute atomic E-state index is 0.0660. The van der Waals surface area contributed by atoms with E-state index in [0.717, 1.165) is 44.0 Å². The van der Waals surface area contributed by atoms with Gasteiger partial charge in [-0.05, 0) is 43.7 Å². The Bertz CT molecular complexity index is 609. The zero-order chi connectivity index (χ0) is 18.5. The third-order valence-electron chi connectivity index (χ3n) is 5.42. The van der Waals surface area contributed by atoms with Gasteiger partial charge in [-0.15, -0.1) is 0 Å². The molecule has 0 bridgehead atoms. The molecule has 6 heteroatoms. The van der Waals surface area contributed by atoms with Crippen LogP contribution in [-0.4, -0.2) is 60.9 Å². The number of rotatable bonds is 7. The van der Waals surface area contributed by atoms with Crippen molar-refractivity contribution in [2.75, 3.05) is 32.8 Å². The van der Waals surface area contributed by atoms with Gasteiger partial charge in [0.1, 0.15) is 6.61 Å². The van der Waals surface area contributed by atoms with E-state index in [9.17, 15) is 9.90 Å². The number of hydrogen-bond acceptors (Lipinski definition) is 5. The molecular formula is C20H30N2O4. The number of amides is 1. The molecule has 2 N–H and O–H groups in total. The lowest BCUT2D eigenvalue weighted by Crippen LogP contribution is -2.48. The lowest BCUT2D eigenvalue weighted by Gasteiger charge is -2.35. The predicted octanol–water partition coefficient (Wildman–Crippen LogP) is 1.67. The Kier molecular flexibility index (Phi) is 6.38. The van der Waals surface area contributed by atoms with Gasteiger partial charge in [-0.3, -0.25) is 9.69 Å². The first-order valence-corrected chi connectivity index (χ1v) is 9.59. The van der Waals surface area contributed by atoms with Gasteiger partial charge >= 0.3 is 0 Å². The largest absolute Gasteiger partial charge is 0.490 e. The molecule has 1 saturated carbocycles. The highest BCUT2D eigenvalue weighted by Crippen LogP contribution is 2.36. The van der Waals surface area contributed by atoms with Crippen LogP contribution in [0.2, 0.25) is 0 Å². The summed E-state index contributed by atoms with van der Waals surface area (Å²) in [5, 5.41) is 13.2. The molecule has 0 aromatic heterocycles. The van der Waals surface area contributed by atoms with Crippen molar-refractivity contribution >= 4 is 5.91 Å². The number of benzene rings is 1. The van der Waals surface area contributed by atoms with Gasteiger partial charge < -0.3 is 19.9 Å². The predicted molar refractivity (Wildman–Crippen MR) is 99.4 cm³/mol. The molecule has 2 aliphatic rings. The number of para-hydroxylation sites is 2. The van der Waals surface area contributed by atoms with E-state index >= 15 is 0 Å². The maximum Gasteiger partial charge on any atom is 0.217 e. The molecule has 0 radical (unpaired) electrons. The highest BCUT2D eigenvalue weighted by Gasteiger charge is 2.41. The summed E-state index contributed by atoms with van der Waals surface area (Å²) in [5.41, 5.74) is 0. The van der Waals surface area contributed by atoms with Crippen molar-refractivity contribution in [1.29, 1.82) is 0 Å². The van der Waals surface area contributed by atoms with E-state index < -0.39 is 6.10 Å². The van der Waals surface area contributed by atoms with Crippen molar-refractivity contribution in [3.8, 4) is 11.5 Å². The molecule has 3 rings (SSSR count). The van der Waals surface area contributed by atoms with Crippen LogP contribution in [0.1, 0.15) is 26.7 Å². The number of likely N-dealkylation sites (tertiary alicyclic amines) is 1. The molecule has 1 aliphatic heterocycles. The normalized spacial score (nSPS) is 28.4. The first-order chi connectivity index (χ1) is 12.6. The standard InChI is InChI=1S/C20H30N2O4/c1-3-25-19-6-4-5-7-20(19)26-9-8-22-12-15-10-17(21-14(2)23)18(24)11-16(15)13-22/h4-7,15-18,24H,3,8-13H2,1-2H3,(H,21,23)/t15-,16+,17-,18-/m1/s1. The summed E-state index contributed by atoms with van der Waals surface area (Å²) in [7, 11) is 0. The van der Waals surface area contributed by atoms with E-state index in [2.05, 4.69) is 10.2 Å². The summed E-state index contributed by atoms with van der Waals surface area (Å²) >= 11 is 0. The second-order valence-corrected chi connectivity index (χ2v) is 7.35. The Balaban J connectivity index is 1.47. The van der Waals surface area contributed by atoms with Crippen LogP contribution in [0.25, 0.3) is 0 Å². The lowest BCUT2D eigenvalue weighted by molar-refractivity contribution is -0.121. The van der Waals surface area contributed by atoms with Crippen molar-refractivity contribution in [3.05, 3.63) is 24.3 Å². The topological polar surface area (TPSA) is 71.0 Å². The molecule has 0 spiro atoms. The molecule has 26 heavy (non-hydrogen) atoms. The Hall–Kier alpha value is -1.79. The van der Waals surface area contributed by atoms with Gasteiger partial charge in [-0.1, -0.05) is 12.1 Å². The summed E-state index contributed by atoms with van der Waals surface area (Å²) in [6, 6.07) is 7.64. The molecule has 1 amide bonds. The molecule has 6 nitrogen and oxygen atoms in total. The minimum atomic E-state index is -0.436. The van der Waals surface area contributed by atoms with Crippen molar-refractivity contribution in [2.45, 2.75) is 38.8 Å². The van der Waals surface area contributed by atoms with Crippen LogP contribution in [0.15, 0.2) is 24.3 Å². The lowest BCUT2D eigenvalue weighted by atomic mass is 9.77. The van der Waals surface area contributed by atoms with Crippen molar-refractivity contribution < 1.29 is 19.4 Å². The quantitative estimate of drug-likeness (QED) is 0.772. The fourth-order valence-electron chi connectivity index (χ4n) is 4.26. The van der Waals surface area contributed by atoms with Crippen LogP contribution in [0.3, 0.4) is 0 Å². The molecule has 4 atom stereocenters. The maximum atomic E-state index is 11.3. The Morgan fingerprint density at radius 2 is 1.85 bits per heavy atom. The van der Waals surface area contributed by atoms with Gasteiger partial charge in [0.15, 0.2) is 11.5 Å². The molecule has 1 aliphatic carbocycles. The Morgan fingerprint density at radius 3 is 2.50 bits per heavy atom. The van der Waals surface area contributed by atoms with Crippen LogP contribution in [0.5, 0.6) is 11.5 Å². The van der Waals surface area contributed by atoms with Crippen molar-refractivity contribution in [1.82, 2.24) is 10.2 Å². The summed E-state index contributed by atoms with van der Waals surface area (Å²) in [5.74, 6) is 2.54. The van der Waals surface area contributed by atoms with Crippen LogP contribution in [0.4, 0.5) is 0 Å².